The number of hydrogen-bond donors (Lipinski definition) is 1. The van der Waals surface area contributed by atoms with Crippen LogP contribution in [0.4, 0.5) is 0 Å². The molecule has 1 N–H and O–H groups in total. The molecule has 1 aromatic rings. The molecule has 1 fully saturated rings. The Morgan fingerprint density at radius 1 is 1.55 bits per heavy atom. The second-order valence-electron chi connectivity index (χ2n) is 5.49. The summed E-state index contributed by atoms with van der Waals surface area (Å²) in [5.41, 5.74) is 1.06. The third-order valence-electron chi connectivity index (χ3n) is 3.84. The van der Waals surface area contributed by atoms with Gasteiger partial charge in [-0.2, -0.15) is 11.8 Å². The average Bonchev–Trinajstić information content (AvgIpc) is 2.58. The second-order valence-corrected chi connectivity index (χ2v) is 6.48. The first-order chi connectivity index (χ1) is 10.7. The van der Waals surface area contributed by atoms with Gasteiger partial charge in [0.15, 0.2) is 0 Å². The van der Waals surface area contributed by atoms with Crippen LogP contribution in [-0.2, 0) is 16.1 Å². The van der Waals surface area contributed by atoms with Crippen molar-refractivity contribution in [2.75, 3.05) is 25.1 Å². The van der Waals surface area contributed by atoms with Crippen LogP contribution in [0.3, 0.4) is 0 Å². The van der Waals surface area contributed by atoms with E-state index in [9.17, 15) is 9.90 Å². The zero-order valence-electron chi connectivity index (χ0n) is 13.0. The van der Waals surface area contributed by atoms with E-state index in [0.717, 1.165) is 24.2 Å². The van der Waals surface area contributed by atoms with Gasteiger partial charge in [-0.1, -0.05) is 6.07 Å². The molecule has 1 aliphatic heterocycles. The third kappa shape index (κ3) is 5.26. The van der Waals surface area contributed by atoms with Crippen LogP contribution in [0.5, 0.6) is 0 Å². The van der Waals surface area contributed by atoms with Gasteiger partial charge in [0.05, 0.1) is 12.7 Å². The highest BCUT2D eigenvalue weighted by atomic mass is 32.2. The smallest absolute Gasteiger partial charge is 0.251 e. The summed E-state index contributed by atoms with van der Waals surface area (Å²) in [5.74, 6) is 0.664. The standard InChI is InChI=1S/C16H24N2O3S/c1-22-10-6-15(19)16(20)18-8-4-14(5-9-18)21-12-13-3-2-7-17-11-13/h2-3,7,11,14-15,19H,4-6,8-10,12H2,1H3/t15-/m1/s1. The number of rotatable bonds is 7. The first-order valence-corrected chi connectivity index (χ1v) is 9.06. The lowest BCUT2D eigenvalue weighted by atomic mass is 10.1. The number of aliphatic hydroxyl groups excluding tert-OH is 1. The largest absolute Gasteiger partial charge is 0.383 e. The Labute approximate surface area is 136 Å². The van der Waals surface area contributed by atoms with E-state index in [0.29, 0.717) is 26.1 Å². The SMILES string of the molecule is CSCC[C@@H](O)C(=O)N1CCC(OCc2cccnc2)CC1. The Balaban J connectivity index is 1.70. The number of likely N-dealkylation sites (tertiary alicyclic amines) is 1. The predicted molar refractivity (Wildman–Crippen MR) is 87.6 cm³/mol. The van der Waals surface area contributed by atoms with E-state index < -0.39 is 6.10 Å². The van der Waals surface area contributed by atoms with Crippen LogP contribution in [0, 0.1) is 0 Å². The summed E-state index contributed by atoms with van der Waals surface area (Å²) < 4.78 is 5.88. The lowest BCUT2D eigenvalue weighted by molar-refractivity contribution is -0.143. The number of ether oxygens (including phenoxy) is 1. The number of nitrogens with zero attached hydrogens (tertiary/aromatic N) is 2. The maximum absolute atomic E-state index is 12.1. The maximum atomic E-state index is 12.1. The van der Waals surface area contributed by atoms with Crippen LogP contribution in [-0.4, -0.2) is 58.2 Å². The zero-order chi connectivity index (χ0) is 15.8. The number of amides is 1. The molecule has 0 bridgehead atoms. The Morgan fingerprint density at radius 2 is 2.32 bits per heavy atom. The van der Waals surface area contributed by atoms with Crippen molar-refractivity contribution in [2.45, 2.75) is 38.1 Å². The van der Waals surface area contributed by atoms with Crippen molar-refractivity contribution in [1.82, 2.24) is 9.88 Å². The minimum absolute atomic E-state index is 0.139. The summed E-state index contributed by atoms with van der Waals surface area (Å²) >= 11 is 1.64. The van der Waals surface area contributed by atoms with Crippen LogP contribution in [0.15, 0.2) is 24.5 Å². The number of pyridine rings is 1. The molecule has 2 rings (SSSR count). The van der Waals surface area contributed by atoms with E-state index in [-0.39, 0.29) is 12.0 Å². The number of aromatic nitrogens is 1. The van der Waals surface area contributed by atoms with Gasteiger partial charge < -0.3 is 14.7 Å². The van der Waals surface area contributed by atoms with E-state index in [2.05, 4.69) is 4.98 Å². The highest BCUT2D eigenvalue weighted by Crippen LogP contribution is 2.17. The fourth-order valence-electron chi connectivity index (χ4n) is 2.50. The first kappa shape index (κ1) is 17.2. The number of hydrogen-bond acceptors (Lipinski definition) is 5. The number of carbonyl (C=O) groups is 1. The minimum atomic E-state index is -0.861. The molecule has 1 aliphatic rings. The Hall–Kier alpha value is -1.11. The maximum Gasteiger partial charge on any atom is 0.251 e. The van der Waals surface area contributed by atoms with Gasteiger partial charge in [-0.15, -0.1) is 0 Å². The zero-order valence-corrected chi connectivity index (χ0v) is 13.8. The number of piperidine rings is 1. The highest BCUT2D eigenvalue weighted by molar-refractivity contribution is 7.98. The molecule has 1 aromatic heterocycles. The minimum Gasteiger partial charge on any atom is -0.383 e. The number of carbonyl (C=O) groups excluding carboxylic acids is 1. The van der Waals surface area contributed by atoms with Crippen LogP contribution < -0.4 is 0 Å². The molecule has 2 heterocycles. The monoisotopic (exact) mass is 324 g/mol. The molecule has 122 valence electrons. The molecule has 1 saturated heterocycles. The van der Waals surface area contributed by atoms with Gasteiger partial charge >= 0.3 is 0 Å². The summed E-state index contributed by atoms with van der Waals surface area (Å²) in [6, 6.07) is 3.89. The topological polar surface area (TPSA) is 62.7 Å². The lowest BCUT2D eigenvalue weighted by Gasteiger charge is -2.33. The molecule has 22 heavy (non-hydrogen) atoms. The van der Waals surface area contributed by atoms with Gasteiger partial charge in [-0.3, -0.25) is 9.78 Å². The van der Waals surface area contributed by atoms with Gasteiger partial charge in [-0.25, -0.2) is 0 Å². The predicted octanol–water partition coefficient (Wildman–Crippen LogP) is 1.70. The molecule has 0 spiro atoms. The molecule has 5 nitrogen and oxygen atoms in total. The number of aliphatic hydroxyl groups is 1. The third-order valence-corrected chi connectivity index (χ3v) is 4.49. The van der Waals surface area contributed by atoms with Crippen molar-refractivity contribution >= 4 is 17.7 Å². The quantitative estimate of drug-likeness (QED) is 0.827. The van der Waals surface area contributed by atoms with Gasteiger partial charge in [0.25, 0.3) is 5.91 Å². The van der Waals surface area contributed by atoms with E-state index in [4.69, 9.17) is 4.74 Å². The Bertz CT molecular complexity index is 450. The van der Waals surface area contributed by atoms with Crippen molar-refractivity contribution in [3.05, 3.63) is 30.1 Å². The fraction of sp³-hybridized carbons (Fsp3) is 0.625. The Kier molecular flexibility index (Phi) is 7.15. The molecule has 0 aromatic carbocycles. The van der Waals surface area contributed by atoms with Crippen molar-refractivity contribution in [1.29, 1.82) is 0 Å². The molecule has 0 radical (unpaired) electrons. The normalized spacial score (nSPS) is 17.5. The van der Waals surface area contributed by atoms with Gasteiger partial charge in [0.2, 0.25) is 0 Å². The highest BCUT2D eigenvalue weighted by Gasteiger charge is 2.27. The first-order valence-electron chi connectivity index (χ1n) is 7.67. The van der Waals surface area contributed by atoms with Crippen molar-refractivity contribution in [3.63, 3.8) is 0 Å². The second kappa shape index (κ2) is 9.12. The molecular weight excluding hydrogens is 300 g/mol. The molecule has 0 unspecified atom stereocenters. The van der Waals surface area contributed by atoms with Gasteiger partial charge in [-0.05, 0) is 42.9 Å². The summed E-state index contributed by atoms with van der Waals surface area (Å²) in [6.07, 6.45) is 7.01. The summed E-state index contributed by atoms with van der Waals surface area (Å²) in [4.78, 5) is 17.9. The average molecular weight is 324 g/mol. The summed E-state index contributed by atoms with van der Waals surface area (Å²) in [5, 5.41) is 9.88. The molecular formula is C16H24N2O3S. The van der Waals surface area contributed by atoms with Crippen LogP contribution in [0.1, 0.15) is 24.8 Å². The fourth-order valence-corrected chi connectivity index (χ4v) is 2.96. The van der Waals surface area contributed by atoms with Crippen LogP contribution >= 0.6 is 11.8 Å². The number of thioether (sulfide) groups is 1. The van der Waals surface area contributed by atoms with Crippen LogP contribution in [0.2, 0.25) is 0 Å². The molecule has 1 atom stereocenters. The van der Waals surface area contributed by atoms with Gasteiger partial charge in [0, 0.05) is 25.5 Å². The summed E-state index contributed by atoms with van der Waals surface area (Å²) in [6.45, 7) is 1.88. The van der Waals surface area contributed by atoms with E-state index >= 15 is 0 Å². The van der Waals surface area contributed by atoms with E-state index in [1.54, 1.807) is 29.1 Å². The van der Waals surface area contributed by atoms with E-state index in [1.165, 1.54) is 0 Å². The van der Waals surface area contributed by atoms with Crippen molar-refractivity contribution < 1.29 is 14.6 Å². The van der Waals surface area contributed by atoms with E-state index in [1.807, 2.05) is 18.4 Å². The van der Waals surface area contributed by atoms with Gasteiger partial charge in [0.1, 0.15) is 6.10 Å². The molecule has 0 saturated carbocycles. The molecule has 1 amide bonds. The molecule has 0 aliphatic carbocycles. The van der Waals surface area contributed by atoms with Crippen LogP contribution in [0.25, 0.3) is 0 Å². The van der Waals surface area contributed by atoms with Crippen molar-refractivity contribution in [3.8, 4) is 0 Å². The Morgan fingerprint density at radius 3 is 2.95 bits per heavy atom. The molecule has 6 heteroatoms. The van der Waals surface area contributed by atoms with Crippen molar-refractivity contribution in [2.24, 2.45) is 0 Å². The lowest BCUT2D eigenvalue weighted by Crippen LogP contribution is -2.45. The summed E-state index contributed by atoms with van der Waals surface area (Å²) in [7, 11) is 0.